The van der Waals surface area contributed by atoms with Crippen LogP contribution in [0.1, 0.15) is 25.0 Å². The molecule has 1 atom stereocenters. The van der Waals surface area contributed by atoms with Crippen molar-refractivity contribution in [1.29, 1.82) is 5.26 Å². The molecule has 19 heavy (non-hydrogen) atoms. The molecule has 102 valence electrons. The highest BCUT2D eigenvalue weighted by Crippen LogP contribution is 2.31. The van der Waals surface area contributed by atoms with E-state index in [2.05, 4.69) is 0 Å². The van der Waals surface area contributed by atoms with Gasteiger partial charge >= 0.3 is 5.97 Å². The Morgan fingerprint density at radius 2 is 2.26 bits per heavy atom. The van der Waals surface area contributed by atoms with E-state index < -0.39 is 22.6 Å². The molecule has 0 aliphatic rings. The first-order chi connectivity index (χ1) is 8.77. The van der Waals surface area contributed by atoms with Crippen molar-refractivity contribution in [3.8, 4) is 6.07 Å². The molecule has 0 fully saturated rings. The Kier molecular flexibility index (Phi) is 4.92. The second-order valence-corrected chi connectivity index (χ2v) is 6.26. The number of thioether (sulfide) groups is 1. The third-order valence-electron chi connectivity index (χ3n) is 2.80. The average Bonchev–Trinajstić information content (AvgIpc) is 2.36. The van der Waals surface area contributed by atoms with E-state index >= 15 is 0 Å². The van der Waals surface area contributed by atoms with Crippen LogP contribution in [0.15, 0.2) is 18.2 Å². The van der Waals surface area contributed by atoms with Crippen molar-refractivity contribution in [3.05, 3.63) is 35.1 Å². The average molecular weight is 282 g/mol. The van der Waals surface area contributed by atoms with E-state index in [-0.39, 0.29) is 5.56 Å². The first-order valence-electron chi connectivity index (χ1n) is 5.59. The standard InChI is InChI=1S/C13H15FN2O2S/c1-13(2,11(16)12(17)18)19-7-9-4-3-8(6-15)5-10(9)14/h3-5,11H,7,16H2,1-2H3,(H,17,18)/t11-/m1/s1. The van der Waals surface area contributed by atoms with Gasteiger partial charge in [0.2, 0.25) is 0 Å². The maximum absolute atomic E-state index is 13.7. The number of nitriles is 1. The summed E-state index contributed by atoms with van der Waals surface area (Å²) in [6.45, 7) is 3.41. The molecule has 0 aliphatic carbocycles. The zero-order valence-electron chi connectivity index (χ0n) is 10.7. The number of hydrogen-bond donors (Lipinski definition) is 2. The molecular formula is C13H15FN2O2S. The van der Waals surface area contributed by atoms with Crippen LogP contribution in [0, 0.1) is 17.1 Å². The molecule has 1 rings (SSSR count). The number of hydrogen-bond acceptors (Lipinski definition) is 4. The van der Waals surface area contributed by atoms with E-state index in [1.807, 2.05) is 6.07 Å². The number of rotatable bonds is 5. The smallest absolute Gasteiger partial charge is 0.321 e. The second kappa shape index (κ2) is 6.04. The molecule has 0 heterocycles. The predicted octanol–water partition coefficient (Wildman–Crippen LogP) is 2.12. The summed E-state index contributed by atoms with van der Waals surface area (Å²) in [4.78, 5) is 10.9. The van der Waals surface area contributed by atoms with Gasteiger partial charge in [0.05, 0.1) is 11.6 Å². The Balaban J connectivity index is 2.77. The largest absolute Gasteiger partial charge is 0.480 e. The minimum absolute atomic E-state index is 0.257. The Hall–Kier alpha value is -1.58. The van der Waals surface area contributed by atoms with Gasteiger partial charge in [-0.25, -0.2) is 4.39 Å². The summed E-state index contributed by atoms with van der Waals surface area (Å²) in [6, 6.07) is 5.06. The van der Waals surface area contributed by atoms with Gasteiger partial charge < -0.3 is 10.8 Å². The summed E-state index contributed by atoms with van der Waals surface area (Å²) in [5, 5.41) is 17.5. The van der Waals surface area contributed by atoms with Crippen LogP contribution in [0.5, 0.6) is 0 Å². The minimum atomic E-state index is -1.09. The van der Waals surface area contributed by atoms with Crippen molar-refractivity contribution in [1.82, 2.24) is 0 Å². The maximum Gasteiger partial charge on any atom is 0.321 e. The molecule has 1 aromatic rings. The second-order valence-electron chi connectivity index (χ2n) is 4.63. The van der Waals surface area contributed by atoms with Gasteiger partial charge in [-0.1, -0.05) is 6.07 Å². The van der Waals surface area contributed by atoms with Crippen LogP contribution in [-0.4, -0.2) is 21.9 Å². The fourth-order valence-electron chi connectivity index (χ4n) is 1.38. The number of nitrogens with two attached hydrogens (primary N) is 1. The van der Waals surface area contributed by atoms with Crippen LogP contribution in [0.2, 0.25) is 0 Å². The van der Waals surface area contributed by atoms with Gasteiger partial charge in [0, 0.05) is 10.5 Å². The first kappa shape index (κ1) is 15.5. The SMILES string of the molecule is CC(C)(SCc1ccc(C#N)cc1F)[C@H](N)C(=O)O. The number of nitrogens with zero attached hydrogens (tertiary/aromatic N) is 1. The van der Waals surface area contributed by atoms with Gasteiger partial charge in [-0.15, -0.1) is 11.8 Å². The lowest BCUT2D eigenvalue weighted by atomic mass is 10.1. The van der Waals surface area contributed by atoms with Crippen LogP contribution in [0.3, 0.4) is 0 Å². The lowest BCUT2D eigenvalue weighted by Crippen LogP contribution is -2.46. The van der Waals surface area contributed by atoms with Crippen LogP contribution in [0.4, 0.5) is 4.39 Å². The van der Waals surface area contributed by atoms with Crippen molar-refractivity contribution in [2.45, 2.75) is 30.4 Å². The van der Waals surface area contributed by atoms with Crippen LogP contribution < -0.4 is 5.73 Å². The molecule has 0 aliphatic heterocycles. The highest BCUT2D eigenvalue weighted by Gasteiger charge is 2.32. The van der Waals surface area contributed by atoms with Crippen LogP contribution >= 0.6 is 11.8 Å². The van der Waals surface area contributed by atoms with Gasteiger partial charge in [-0.05, 0) is 31.5 Å². The fraction of sp³-hybridized carbons (Fsp3) is 0.385. The number of carboxylic acid groups (broad SMARTS) is 1. The summed E-state index contributed by atoms with van der Waals surface area (Å²) >= 11 is 1.27. The number of benzene rings is 1. The predicted molar refractivity (Wildman–Crippen MR) is 72.1 cm³/mol. The summed E-state index contributed by atoms with van der Waals surface area (Å²) in [7, 11) is 0. The molecule has 6 heteroatoms. The number of halogens is 1. The number of carbonyl (C=O) groups is 1. The Morgan fingerprint density at radius 1 is 1.63 bits per heavy atom. The molecule has 4 nitrogen and oxygen atoms in total. The van der Waals surface area contributed by atoms with E-state index in [0.29, 0.717) is 11.3 Å². The van der Waals surface area contributed by atoms with Gasteiger partial charge in [0.1, 0.15) is 11.9 Å². The summed E-state index contributed by atoms with van der Waals surface area (Å²) < 4.78 is 12.9. The van der Waals surface area contributed by atoms with Crippen molar-refractivity contribution in [2.75, 3.05) is 0 Å². The maximum atomic E-state index is 13.7. The topological polar surface area (TPSA) is 87.1 Å². The minimum Gasteiger partial charge on any atom is -0.480 e. The first-order valence-corrected chi connectivity index (χ1v) is 6.57. The highest BCUT2D eigenvalue weighted by molar-refractivity contribution is 7.99. The van der Waals surface area contributed by atoms with Crippen molar-refractivity contribution < 1.29 is 14.3 Å². The molecule has 0 saturated carbocycles. The molecule has 0 amide bonds. The molecule has 1 aromatic carbocycles. The Labute approximate surface area is 115 Å². The molecule has 0 radical (unpaired) electrons. The molecule has 3 N–H and O–H groups in total. The molecule has 0 spiro atoms. The molecule has 0 aromatic heterocycles. The van der Waals surface area contributed by atoms with Crippen molar-refractivity contribution in [2.24, 2.45) is 5.73 Å². The lowest BCUT2D eigenvalue weighted by molar-refractivity contribution is -0.139. The van der Waals surface area contributed by atoms with Gasteiger partial charge in [-0.2, -0.15) is 5.26 Å². The zero-order valence-corrected chi connectivity index (χ0v) is 11.5. The summed E-state index contributed by atoms with van der Waals surface area (Å²) in [5.41, 5.74) is 6.27. The third kappa shape index (κ3) is 3.94. The summed E-state index contributed by atoms with van der Waals surface area (Å²) in [6.07, 6.45) is 0. The lowest BCUT2D eigenvalue weighted by Gasteiger charge is -2.28. The quantitative estimate of drug-likeness (QED) is 0.863. The molecular weight excluding hydrogens is 267 g/mol. The van der Waals surface area contributed by atoms with E-state index in [4.69, 9.17) is 16.1 Å². The summed E-state index contributed by atoms with van der Waals surface area (Å²) in [5.74, 6) is -1.25. The van der Waals surface area contributed by atoms with E-state index in [9.17, 15) is 9.18 Å². The van der Waals surface area contributed by atoms with E-state index in [1.54, 1.807) is 13.8 Å². The van der Waals surface area contributed by atoms with Crippen molar-refractivity contribution >= 4 is 17.7 Å². The normalized spacial score (nSPS) is 12.8. The number of aliphatic carboxylic acids is 1. The Morgan fingerprint density at radius 3 is 2.74 bits per heavy atom. The molecule has 0 bridgehead atoms. The van der Waals surface area contributed by atoms with Gasteiger partial charge in [0.15, 0.2) is 0 Å². The van der Waals surface area contributed by atoms with Crippen LogP contribution in [-0.2, 0) is 10.5 Å². The number of carboxylic acids is 1. The van der Waals surface area contributed by atoms with Crippen LogP contribution in [0.25, 0.3) is 0 Å². The van der Waals surface area contributed by atoms with E-state index in [1.165, 1.54) is 30.0 Å². The van der Waals surface area contributed by atoms with Gasteiger partial charge in [0.25, 0.3) is 0 Å². The fourth-order valence-corrected chi connectivity index (χ4v) is 2.43. The monoisotopic (exact) mass is 282 g/mol. The third-order valence-corrected chi connectivity index (χ3v) is 4.25. The highest BCUT2D eigenvalue weighted by atomic mass is 32.2. The zero-order chi connectivity index (χ0) is 14.6. The molecule has 0 saturated heterocycles. The van der Waals surface area contributed by atoms with Gasteiger partial charge in [-0.3, -0.25) is 4.79 Å². The molecule has 0 unspecified atom stereocenters. The Bertz CT molecular complexity index is 526. The van der Waals surface area contributed by atoms with Crippen molar-refractivity contribution in [3.63, 3.8) is 0 Å². The van der Waals surface area contributed by atoms with E-state index in [0.717, 1.165) is 0 Å².